The summed E-state index contributed by atoms with van der Waals surface area (Å²) in [4.78, 5) is 34.7. The molecule has 0 unspecified atom stereocenters. The second-order valence-corrected chi connectivity index (χ2v) is 6.08. The Hall–Kier alpha value is -1.70. The lowest BCUT2D eigenvalue weighted by molar-refractivity contribution is -0.141. The maximum atomic E-state index is 12.1. The highest BCUT2D eigenvalue weighted by atomic mass is 35.5. The maximum absolute atomic E-state index is 12.1. The van der Waals surface area contributed by atoms with E-state index in [1.54, 1.807) is 6.92 Å². The van der Waals surface area contributed by atoms with Gasteiger partial charge in [0, 0.05) is 11.3 Å². The standard InChI is InChI=1S/C16H17Cl2NO5S/c1-3-8(2)15(21)9-4-5-11(14(18)13(9)17)24-6-12(20)19-10(7-25)16(22)23/h4-5,10,25H,2-3,6-7H2,1H3,(H,19,20)(H,22,23)/t10-/m0/s1. The Morgan fingerprint density at radius 2 is 1.96 bits per heavy atom. The van der Waals surface area contributed by atoms with Crippen LogP contribution in [-0.4, -0.2) is 41.2 Å². The van der Waals surface area contributed by atoms with Gasteiger partial charge in [0.25, 0.3) is 5.91 Å². The molecule has 6 nitrogen and oxygen atoms in total. The molecular weight excluding hydrogens is 389 g/mol. The molecule has 0 aromatic heterocycles. The topological polar surface area (TPSA) is 92.7 Å². The first-order chi connectivity index (χ1) is 11.7. The summed E-state index contributed by atoms with van der Waals surface area (Å²) >= 11 is 16.0. The van der Waals surface area contributed by atoms with Crippen LogP contribution in [0.4, 0.5) is 0 Å². The number of allylic oxidation sites excluding steroid dienone is 1. The number of ether oxygens (including phenoxy) is 1. The van der Waals surface area contributed by atoms with Crippen LogP contribution >= 0.6 is 35.8 Å². The van der Waals surface area contributed by atoms with E-state index in [1.165, 1.54) is 12.1 Å². The number of hydrogen-bond donors (Lipinski definition) is 3. The number of halogens is 2. The second-order valence-electron chi connectivity index (χ2n) is 4.96. The van der Waals surface area contributed by atoms with Crippen molar-refractivity contribution in [2.45, 2.75) is 19.4 Å². The largest absolute Gasteiger partial charge is 0.482 e. The van der Waals surface area contributed by atoms with Gasteiger partial charge in [-0.2, -0.15) is 12.6 Å². The first kappa shape index (κ1) is 21.3. The van der Waals surface area contributed by atoms with Gasteiger partial charge >= 0.3 is 5.97 Å². The number of ketones is 1. The zero-order valence-electron chi connectivity index (χ0n) is 13.3. The number of rotatable bonds is 9. The average molecular weight is 406 g/mol. The van der Waals surface area contributed by atoms with Crippen molar-refractivity contribution in [2.75, 3.05) is 12.4 Å². The molecule has 0 saturated carbocycles. The van der Waals surface area contributed by atoms with Crippen LogP contribution in [0.3, 0.4) is 0 Å². The molecule has 0 radical (unpaired) electrons. The van der Waals surface area contributed by atoms with Gasteiger partial charge in [-0.25, -0.2) is 4.79 Å². The number of benzene rings is 1. The molecular formula is C16H17Cl2NO5S. The molecule has 0 aliphatic carbocycles. The van der Waals surface area contributed by atoms with Crippen LogP contribution in [0.2, 0.25) is 10.0 Å². The van der Waals surface area contributed by atoms with E-state index in [2.05, 4.69) is 24.5 Å². The first-order valence-corrected chi connectivity index (χ1v) is 8.58. The van der Waals surface area contributed by atoms with E-state index in [0.717, 1.165) is 0 Å². The summed E-state index contributed by atoms with van der Waals surface area (Å²) in [6, 6.07) is 1.71. The Balaban J connectivity index is 2.83. The van der Waals surface area contributed by atoms with Crippen molar-refractivity contribution in [2.24, 2.45) is 0 Å². The number of carbonyl (C=O) groups is 3. The fraction of sp³-hybridized carbons (Fsp3) is 0.312. The minimum Gasteiger partial charge on any atom is -0.482 e. The number of hydrogen-bond acceptors (Lipinski definition) is 5. The number of carboxylic acid groups (broad SMARTS) is 1. The first-order valence-electron chi connectivity index (χ1n) is 7.19. The van der Waals surface area contributed by atoms with Gasteiger partial charge in [0.15, 0.2) is 12.4 Å². The highest BCUT2D eigenvalue weighted by Gasteiger charge is 2.20. The lowest BCUT2D eigenvalue weighted by Gasteiger charge is -2.14. The molecule has 0 bridgehead atoms. The summed E-state index contributed by atoms with van der Waals surface area (Å²) in [7, 11) is 0. The molecule has 1 atom stereocenters. The number of thiol groups is 1. The van der Waals surface area contributed by atoms with Gasteiger partial charge in [-0.15, -0.1) is 0 Å². The Morgan fingerprint density at radius 3 is 2.48 bits per heavy atom. The number of carbonyl (C=O) groups excluding carboxylic acids is 2. The summed E-state index contributed by atoms with van der Waals surface area (Å²) in [5.41, 5.74) is 0.578. The molecule has 136 valence electrons. The summed E-state index contributed by atoms with van der Waals surface area (Å²) in [5, 5.41) is 11.1. The van der Waals surface area contributed by atoms with Gasteiger partial charge in [0.2, 0.25) is 0 Å². The number of Topliss-reactive ketones (excluding diaryl/α,β-unsaturated/α-hetero) is 1. The van der Waals surface area contributed by atoms with E-state index in [0.29, 0.717) is 12.0 Å². The van der Waals surface area contributed by atoms with Gasteiger partial charge < -0.3 is 15.2 Å². The summed E-state index contributed by atoms with van der Waals surface area (Å²) in [6.45, 7) is 4.99. The van der Waals surface area contributed by atoms with Crippen LogP contribution in [-0.2, 0) is 9.59 Å². The Morgan fingerprint density at radius 1 is 1.32 bits per heavy atom. The normalized spacial score (nSPS) is 11.5. The monoisotopic (exact) mass is 405 g/mol. The zero-order chi connectivity index (χ0) is 19.1. The van der Waals surface area contributed by atoms with Crippen molar-refractivity contribution in [3.63, 3.8) is 0 Å². The molecule has 0 aliphatic heterocycles. The van der Waals surface area contributed by atoms with Crippen molar-refractivity contribution < 1.29 is 24.2 Å². The Labute approximate surface area is 160 Å². The van der Waals surface area contributed by atoms with E-state index in [4.69, 9.17) is 33.0 Å². The molecule has 2 N–H and O–H groups in total. The Kier molecular flexibility index (Phi) is 8.28. The third-order valence-corrected chi connectivity index (χ3v) is 4.44. The molecule has 1 amide bonds. The van der Waals surface area contributed by atoms with Gasteiger partial charge in [-0.05, 0) is 24.1 Å². The van der Waals surface area contributed by atoms with E-state index >= 15 is 0 Å². The number of amides is 1. The van der Waals surface area contributed by atoms with E-state index < -0.39 is 24.5 Å². The van der Waals surface area contributed by atoms with Crippen LogP contribution in [0.25, 0.3) is 0 Å². The average Bonchev–Trinajstić information content (AvgIpc) is 2.59. The molecule has 25 heavy (non-hydrogen) atoms. The van der Waals surface area contributed by atoms with Gasteiger partial charge in [-0.1, -0.05) is 36.7 Å². The van der Waals surface area contributed by atoms with E-state index in [1.807, 2.05) is 0 Å². The van der Waals surface area contributed by atoms with Gasteiger partial charge in [0.1, 0.15) is 16.8 Å². The molecule has 0 saturated heterocycles. The second kappa shape index (κ2) is 9.70. The number of nitrogens with one attached hydrogen (secondary N) is 1. The van der Waals surface area contributed by atoms with Gasteiger partial charge in [-0.3, -0.25) is 9.59 Å². The highest BCUT2D eigenvalue weighted by molar-refractivity contribution is 7.80. The quantitative estimate of drug-likeness (QED) is 0.333. The zero-order valence-corrected chi connectivity index (χ0v) is 15.8. The highest BCUT2D eigenvalue weighted by Crippen LogP contribution is 2.35. The molecule has 0 spiro atoms. The molecule has 0 heterocycles. The number of aliphatic carboxylic acids is 1. The van der Waals surface area contributed by atoms with Crippen LogP contribution in [0.5, 0.6) is 5.75 Å². The Bertz CT molecular complexity index is 708. The molecule has 0 fully saturated rings. The van der Waals surface area contributed by atoms with Crippen LogP contribution < -0.4 is 10.1 Å². The fourth-order valence-electron chi connectivity index (χ4n) is 1.73. The summed E-state index contributed by atoms with van der Waals surface area (Å²) in [6.07, 6.45) is 0.473. The molecule has 1 aromatic rings. The van der Waals surface area contributed by atoms with Gasteiger partial charge in [0.05, 0.1) is 5.02 Å². The molecule has 0 aliphatic rings. The van der Waals surface area contributed by atoms with Crippen molar-refractivity contribution in [1.29, 1.82) is 0 Å². The van der Waals surface area contributed by atoms with Crippen LogP contribution in [0.15, 0.2) is 24.3 Å². The molecule has 1 aromatic carbocycles. The summed E-state index contributed by atoms with van der Waals surface area (Å²) < 4.78 is 5.25. The minimum atomic E-state index is -1.21. The maximum Gasteiger partial charge on any atom is 0.327 e. The van der Waals surface area contributed by atoms with Crippen molar-refractivity contribution in [3.05, 3.63) is 39.9 Å². The van der Waals surface area contributed by atoms with Crippen molar-refractivity contribution in [3.8, 4) is 5.75 Å². The summed E-state index contributed by atoms with van der Waals surface area (Å²) in [5.74, 6) is -2.15. The third-order valence-electron chi connectivity index (χ3n) is 3.21. The van der Waals surface area contributed by atoms with Crippen molar-refractivity contribution >= 4 is 53.5 Å². The fourth-order valence-corrected chi connectivity index (χ4v) is 2.44. The van der Waals surface area contributed by atoms with E-state index in [9.17, 15) is 14.4 Å². The predicted molar refractivity (Wildman–Crippen MR) is 99.1 cm³/mol. The SMILES string of the molecule is C=C(CC)C(=O)c1ccc(OCC(=O)N[C@@H](CS)C(=O)O)c(Cl)c1Cl. The molecule has 9 heteroatoms. The lowest BCUT2D eigenvalue weighted by atomic mass is 10.0. The smallest absolute Gasteiger partial charge is 0.327 e. The lowest BCUT2D eigenvalue weighted by Crippen LogP contribution is -2.44. The third kappa shape index (κ3) is 5.66. The van der Waals surface area contributed by atoms with Crippen LogP contribution in [0, 0.1) is 0 Å². The minimum absolute atomic E-state index is 0.00190. The predicted octanol–water partition coefficient (Wildman–Crippen LogP) is 3.02. The van der Waals surface area contributed by atoms with Crippen LogP contribution in [0.1, 0.15) is 23.7 Å². The van der Waals surface area contributed by atoms with Crippen molar-refractivity contribution in [1.82, 2.24) is 5.32 Å². The van der Waals surface area contributed by atoms with E-state index in [-0.39, 0.29) is 32.9 Å². The number of carboxylic acids is 1. The molecule has 1 rings (SSSR count).